The van der Waals surface area contributed by atoms with E-state index in [9.17, 15) is 9.59 Å². The van der Waals surface area contributed by atoms with Gasteiger partial charge in [0, 0.05) is 58.9 Å². The first kappa shape index (κ1) is 23.5. The molecule has 0 spiro atoms. The molecular formula is C22H36N6O2S. The number of carbonyl (C=O) groups excluding carboxylic acids is 2. The fraction of sp³-hybridized carbons (Fsp3) is 0.682. The zero-order valence-corrected chi connectivity index (χ0v) is 19.6. The standard InChI is InChI=1S/C22H36N6O2S/c1-3-23-22(25-10-7-9-24-20(29)19-8-6-17-31-19)28-15-13-26(14-16-28)18(2)21(30)27-11-4-5-12-27/h6,8,17-18H,3-5,7,9-16H2,1-2H3,(H,23,25)(H,24,29). The molecule has 1 aromatic rings. The lowest BCUT2D eigenvalue weighted by atomic mass is 10.2. The van der Waals surface area contributed by atoms with Crippen LogP contribution >= 0.6 is 11.3 Å². The smallest absolute Gasteiger partial charge is 0.261 e. The third kappa shape index (κ3) is 6.67. The van der Waals surface area contributed by atoms with Gasteiger partial charge in [0.15, 0.2) is 5.96 Å². The van der Waals surface area contributed by atoms with Gasteiger partial charge < -0.3 is 20.4 Å². The maximum absolute atomic E-state index is 12.7. The number of carbonyl (C=O) groups is 2. The van der Waals surface area contributed by atoms with E-state index in [2.05, 4.69) is 27.4 Å². The van der Waals surface area contributed by atoms with Gasteiger partial charge in [-0.2, -0.15) is 0 Å². The van der Waals surface area contributed by atoms with Crippen LogP contribution in [0.5, 0.6) is 0 Å². The van der Waals surface area contributed by atoms with Gasteiger partial charge in [-0.3, -0.25) is 19.5 Å². The Kier molecular flexibility index (Phi) is 9.14. The van der Waals surface area contributed by atoms with Gasteiger partial charge in [-0.15, -0.1) is 11.3 Å². The van der Waals surface area contributed by atoms with Crippen LogP contribution in [0.1, 0.15) is 42.8 Å². The molecule has 0 radical (unpaired) electrons. The van der Waals surface area contributed by atoms with E-state index < -0.39 is 0 Å². The quantitative estimate of drug-likeness (QED) is 0.358. The number of hydrogen-bond donors (Lipinski definition) is 2. The highest BCUT2D eigenvalue weighted by atomic mass is 32.1. The largest absolute Gasteiger partial charge is 0.357 e. The van der Waals surface area contributed by atoms with Crippen LogP contribution in [0.2, 0.25) is 0 Å². The molecule has 0 aliphatic carbocycles. The van der Waals surface area contributed by atoms with Gasteiger partial charge in [-0.25, -0.2) is 0 Å². The maximum atomic E-state index is 12.7. The molecule has 2 fully saturated rings. The average Bonchev–Trinajstić information content (AvgIpc) is 3.52. The fourth-order valence-corrected chi connectivity index (χ4v) is 4.71. The first-order valence-corrected chi connectivity index (χ1v) is 12.4. The molecule has 0 aromatic carbocycles. The highest BCUT2D eigenvalue weighted by Gasteiger charge is 2.30. The summed E-state index contributed by atoms with van der Waals surface area (Å²) in [4.78, 5) is 36.8. The molecule has 2 saturated heterocycles. The van der Waals surface area contributed by atoms with Crippen molar-refractivity contribution in [2.45, 2.75) is 39.2 Å². The molecule has 3 rings (SSSR count). The minimum absolute atomic E-state index is 0.0143. The van der Waals surface area contributed by atoms with Crippen molar-refractivity contribution in [3.05, 3.63) is 22.4 Å². The van der Waals surface area contributed by atoms with E-state index in [-0.39, 0.29) is 17.9 Å². The summed E-state index contributed by atoms with van der Waals surface area (Å²) in [6.07, 6.45) is 3.06. The Morgan fingerprint density at radius 1 is 1.10 bits per heavy atom. The van der Waals surface area contributed by atoms with Crippen molar-refractivity contribution in [2.24, 2.45) is 4.99 Å². The molecule has 1 atom stereocenters. The second-order valence-electron chi connectivity index (χ2n) is 8.05. The molecule has 0 saturated carbocycles. The number of thiophene rings is 1. The van der Waals surface area contributed by atoms with Crippen molar-refractivity contribution in [1.29, 1.82) is 0 Å². The number of likely N-dealkylation sites (tertiary alicyclic amines) is 1. The predicted octanol–water partition coefficient (Wildman–Crippen LogP) is 1.46. The Hall–Kier alpha value is -2.13. The van der Waals surface area contributed by atoms with Gasteiger partial charge in [0.2, 0.25) is 5.91 Å². The minimum Gasteiger partial charge on any atom is -0.357 e. The normalized spacial score (nSPS) is 18.8. The molecule has 2 aliphatic rings. The number of guanidine groups is 1. The highest BCUT2D eigenvalue weighted by Crippen LogP contribution is 2.14. The minimum atomic E-state index is -0.0493. The molecule has 1 aromatic heterocycles. The van der Waals surface area contributed by atoms with Crippen LogP contribution in [-0.4, -0.2) is 97.4 Å². The number of rotatable bonds is 8. The van der Waals surface area contributed by atoms with Gasteiger partial charge in [-0.1, -0.05) is 6.07 Å². The summed E-state index contributed by atoms with van der Waals surface area (Å²) in [5.41, 5.74) is 0. The first-order chi connectivity index (χ1) is 15.1. The summed E-state index contributed by atoms with van der Waals surface area (Å²) < 4.78 is 0. The van der Waals surface area contributed by atoms with E-state index in [0.717, 1.165) is 75.9 Å². The van der Waals surface area contributed by atoms with Crippen molar-refractivity contribution in [3.8, 4) is 0 Å². The van der Waals surface area contributed by atoms with E-state index in [4.69, 9.17) is 4.99 Å². The molecule has 172 valence electrons. The lowest BCUT2D eigenvalue weighted by Crippen LogP contribution is -2.57. The Labute approximate surface area is 189 Å². The Morgan fingerprint density at radius 3 is 2.48 bits per heavy atom. The average molecular weight is 449 g/mol. The van der Waals surface area contributed by atoms with E-state index >= 15 is 0 Å². The third-order valence-electron chi connectivity index (χ3n) is 5.90. The topological polar surface area (TPSA) is 80.3 Å². The van der Waals surface area contributed by atoms with Crippen LogP contribution < -0.4 is 10.6 Å². The second kappa shape index (κ2) is 12.0. The Balaban J connectivity index is 1.41. The molecular weight excluding hydrogens is 412 g/mol. The third-order valence-corrected chi connectivity index (χ3v) is 6.77. The van der Waals surface area contributed by atoms with Crippen molar-refractivity contribution >= 4 is 29.1 Å². The molecule has 31 heavy (non-hydrogen) atoms. The fourth-order valence-electron chi connectivity index (χ4n) is 4.07. The number of hydrogen-bond acceptors (Lipinski definition) is 5. The van der Waals surface area contributed by atoms with Gasteiger partial charge in [0.05, 0.1) is 10.9 Å². The number of aliphatic imine (C=N–C) groups is 1. The van der Waals surface area contributed by atoms with Crippen LogP contribution in [0, 0.1) is 0 Å². The lowest BCUT2D eigenvalue weighted by molar-refractivity contribution is -0.135. The molecule has 3 heterocycles. The molecule has 0 bridgehead atoms. The molecule has 2 aliphatic heterocycles. The van der Waals surface area contributed by atoms with E-state index in [1.165, 1.54) is 11.3 Å². The summed E-state index contributed by atoms with van der Waals surface area (Å²) in [6.45, 7) is 11.5. The van der Waals surface area contributed by atoms with Crippen molar-refractivity contribution in [1.82, 2.24) is 25.3 Å². The zero-order chi connectivity index (χ0) is 22.1. The van der Waals surface area contributed by atoms with Crippen molar-refractivity contribution in [2.75, 3.05) is 58.9 Å². The van der Waals surface area contributed by atoms with E-state index in [0.29, 0.717) is 13.1 Å². The predicted molar refractivity (Wildman–Crippen MR) is 126 cm³/mol. The van der Waals surface area contributed by atoms with E-state index in [1.54, 1.807) is 0 Å². The summed E-state index contributed by atoms with van der Waals surface area (Å²) in [5.74, 6) is 1.18. The SMILES string of the molecule is CCNC(=NCCCNC(=O)c1cccs1)N1CCN(C(C)C(=O)N2CCCC2)CC1. The maximum Gasteiger partial charge on any atom is 0.261 e. The summed E-state index contributed by atoms with van der Waals surface area (Å²) in [5, 5.41) is 8.24. The molecule has 2 amide bonds. The number of piperazine rings is 1. The number of nitrogens with one attached hydrogen (secondary N) is 2. The van der Waals surface area contributed by atoms with Crippen LogP contribution in [-0.2, 0) is 4.79 Å². The van der Waals surface area contributed by atoms with Gasteiger partial charge in [0.25, 0.3) is 5.91 Å². The van der Waals surface area contributed by atoms with Crippen LogP contribution in [0.15, 0.2) is 22.5 Å². The van der Waals surface area contributed by atoms with E-state index in [1.807, 2.05) is 29.3 Å². The summed E-state index contributed by atoms with van der Waals surface area (Å²) in [6, 6.07) is 3.67. The number of nitrogens with zero attached hydrogens (tertiary/aromatic N) is 4. The first-order valence-electron chi connectivity index (χ1n) is 11.5. The monoisotopic (exact) mass is 448 g/mol. The lowest BCUT2D eigenvalue weighted by Gasteiger charge is -2.39. The molecule has 9 heteroatoms. The molecule has 2 N–H and O–H groups in total. The second-order valence-corrected chi connectivity index (χ2v) is 9.00. The zero-order valence-electron chi connectivity index (χ0n) is 18.8. The van der Waals surface area contributed by atoms with Gasteiger partial charge in [-0.05, 0) is 44.6 Å². The molecule has 1 unspecified atom stereocenters. The Morgan fingerprint density at radius 2 is 1.84 bits per heavy atom. The van der Waals surface area contributed by atoms with Crippen molar-refractivity contribution in [3.63, 3.8) is 0 Å². The highest BCUT2D eigenvalue weighted by molar-refractivity contribution is 7.12. The summed E-state index contributed by atoms with van der Waals surface area (Å²) in [7, 11) is 0. The summed E-state index contributed by atoms with van der Waals surface area (Å²) >= 11 is 1.45. The van der Waals surface area contributed by atoms with Crippen LogP contribution in [0.4, 0.5) is 0 Å². The molecule has 8 nitrogen and oxygen atoms in total. The van der Waals surface area contributed by atoms with Gasteiger partial charge >= 0.3 is 0 Å². The number of amides is 2. The van der Waals surface area contributed by atoms with Crippen molar-refractivity contribution < 1.29 is 9.59 Å². The van der Waals surface area contributed by atoms with Crippen LogP contribution in [0.3, 0.4) is 0 Å². The van der Waals surface area contributed by atoms with Crippen LogP contribution in [0.25, 0.3) is 0 Å². The van der Waals surface area contributed by atoms with Gasteiger partial charge in [0.1, 0.15) is 0 Å². The Bertz CT molecular complexity index is 724.